The van der Waals surface area contributed by atoms with Crippen molar-refractivity contribution < 1.29 is 8.78 Å². The minimum absolute atomic E-state index is 0.0152. The zero-order valence-electron chi connectivity index (χ0n) is 13.4. The van der Waals surface area contributed by atoms with E-state index in [1.54, 1.807) is 48.8 Å². The number of halogens is 2. The van der Waals surface area contributed by atoms with Crippen LogP contribution in [0.2, 0.25) is 0 Å². The van der Waals surface area contributed by atoms with Gasteiger partial charge in [0.2, 0.25) is 0 Å². The Bertz CT molecular complexity index is 676. The second-order valence-electron chi connectivity index (χ2n) is 6.02. The third kappa shape index (κ3) is 4.13. The van der Waals surface area contributed by atoms with Crippen LogP contribution in [-0.2, 0) is 0 Å². The lowest BCUT2D eigenvalue weighted by molar-refractivity contribution is 0.390. The van der Waals surface area contributed by atoms with Crippen LogP contribution in [0.25, 0.3) is 0 Å². The quantitative estimate of drug-likeness (QED) is 0.720. The molecular formula is C20H20F2N2. The van der Waals surface area contributed by atoms with Gasteiger partial charge in [-0.3, -0.25) is 9.98 Å². The molecule has 24 heavy (non-hydrogen) atoms. The molecule has 2 aromatic carbocycles. The first-order valence-corrected chi connectivity index (χ1v) is 8.29. The molecule has 1 aliphatic rings. The maximum atomic E-state index is 13.7. The summed E-state index contributed by atoms with van der Waals surface area (Å²) in [5.74, 6) is -0.549. The van der Waals surface area contributed by atoms with Crippen molar-refractivity contribution >= 4 is 12.4 Å². The van der Waals surface area contributed by atoms with Gasteiger partial charge in [0.15, 0.2) is 0 Å². The molecule has 3 rings (SSSR count). The summed E-state index contributed by atoms with van der Waals surface area (Å²) in [5, 5.41) is 0. The molecule has 0 unspecified atom stereocenters. The zero-order valence-corrected chi connectivity index (χ0v) is 13.4. The smallest absolute Gasteiger partial charge is 0.131 e. The van der Waals surface area contributed by atoms with Crippen molar-refractivity contribution in [2.45, 2.75) is 37.8 Å². The molecule has 0 radical (unpaired) electrons. The van der Waals surface area contributed by atoms with E-state index in [0.717, 1.165) is 25.7 Å². The van der Waals surface area contributed by atoms with Crippen LogP contribution in [0.15, 0.2) is 58.5 Å². The minimum atomic E-state index is -0.275. The van der Waals surface area contributed by atoms with Gasteiger partial charge in [-0.05, 0) is 25.0 Å². The molecule has 0 saturated heterocycles. The monoisotopic (exact) mass is 326 g/mol. The Morgan fingerprint density at radius 2 is 1.12 bits per heavy atom. The van der Waals surface area contributed by atoms with Gasteiger partial charge in [0, 0.05) is 23.6 Å². The van der Waals surface area contributed by atoms with Gasteiger partial charge in [0.25, 0.3) is 0 Å². The van der Waals surface area contributed by atoms with Gasteiger partial charge in [-0.15, -0.1) is 0 Å². The molecule has 0 N–H and O–H groups in total. The van der Waals surface area contributed by atoms with Crippen molar-refractivity contribution in [3.63, 3.8) is 0 Å². The van der Waals surface area contributed by atoms with E-state index in [1.165, 1.54) is 12.1 Å². The van der Waals surface area contributed by atoms with E-state index in [-0.39, 0.29) is 23.7 Å². The second-order valence-corrected chi connectivity index (χ2v) is 6.02. The fourth-order valence-corrected chi connectivity index (χ4v) is 2.95. The normalized spacial score (nSPS) is 21.6. The van der Waals surface area contributed by atoms with E-state index >= 15 is 0 Å². The SMILES string of the molecule is Fc1ccccc1C=N[C@@H]1CCCC[C@H]1N=Cc1ccccc1F. The first-order chi connectivity index (χ1) is 11.7. The Morgan fingerprint density at radius 3 is 1.54 bits per heavy atom. The maximum absolute atomic E-state index is 13.7. The Labute approximate surface area is 141 Å². The number of benzene rings is 2. The molecule has 2 atom stereocenters. The van der Waals surface area contributed by atoms with Gasteiger partial charge in [-0.1, -0.05) is 49.2 Å². The van der Waals surface area contributed by atoms with Gasteiger partial charge in [0.05, 0.1) is 12.1 Å². The molecule has 0 heterocycles. The van der Waals surface area contributed by atoms with Crippen molar-refractivity contribution in [3.8, 4) is 0 Å². The number of hydrogen-bond donors (Lipinski definition) is 0. The summed E-state index contributed by atoms with van der Waals surface area (Å²) in [6.45, 7) is 0. The second kappa shape index (κ2) is 7.95. The van der Waals surface area contributed by atoms with Crippen LogP contribution in [0.5, 0.6) is 0 Å². The van der Waals surface area contributed by atoms with Crippen LogP contribution in [-0.4, -0.2) is 24.5 Å². The Hall–Kier alpha value is -2.36. The Kier molecular flexibility index (Phi) is 5.47. The highest BCUT2D eigenvalue weighted by Crippen LogP contribution is 2.24. The molecule has 0 aliphatic heterocycles. The zero-order chi connectivity index (χ0) is 16.8. The molecule has 0 spiro atoms. The first-order valence-electron chi connectivity index (χ1n) is 8.29. The van der Waals surface area contributed by atoms with Crippen LogP contribution in [0.4, 0.5) is 8.78 Å². The Morgan fingerprint density at radius 1 is 0.708 bits per heavy atom. The number of rotatable bonds is 4. The molecule has 1 aliphatic carbocycles. The summed E-state index contributed by atoms with van der Waals surface area (Å²) < 4.78 is 27.4. The van der Waals surface area contributed by atoms with E-state index in [2.05, 4.69) is 9.98 Å². The number of aliphatic imine (C=N–C) groups is 2. The molecule has 1 fully saturated rings. The molecular weight excluding hydrogens is 306 g/mol. The van der Waals surface area contributed by atoms with Gasteiger partial charge in [-0.2, -0.15) is 0 Å². The van der Waals surface area contributed by atoms with E-state index in [9.17, 15) is 8.78 Å². The molecule has 1 saturated carbocycles. The summed E-state index contributed by atoms with van der Waals surface area (Å²) >= 11 is 0. The van der Waals surface area contributed by atoms with Crippen LogP contribution in [0, 0.1) is 11.6 Å². The van der Waals surface area contributed by atoms with Crippen molar-refractivity contribution in [2.75, 3.05) is 0 Å². The van der Waals surface area contributed by atoms with Crippen LogP contribution < -0.4 is 0 Å². The third-order valence-electron chi connectivity index (χ3n) is 4.31. The molecule has 0 aromatic heterocycles. The fraction of sp³-hybridized carbons (Fsp3) is 0.300. The highest BCUT2D eigenvalue weighted by Gasteiger charge is 2.23. The fourth-order valence-electron chi connectivity index (χ4n) is 2.95. The third-order valence-corrected chi connectivity index (χ3v) is 4.31. The van der Waals surface area contributed by atoms with E-state index < -0.39 is 0 Å². The van der Waals surface area contributed by atoms with E-state index in [4.69, 9.17) is 0 Å². The first kappa shape index (κ1) is 16.5. The summed E-state index contributed by atoms with van der Waals surface area (Å²) in [6, 6.07) is 13.2. The summed E-state index contributed by atoms with van der Waals surface area (Å²) in [4.78, 5) is 9.12. The molecule has 0 amide bonds. The van der Waals surface area contributed by atoms with E-state index in [1.807, 2.05) is 0 Å². The predicted octanol–water partition coefficient (Wildman–Crippen LogP) is 4.81. The van der Waals surface area contributed by atoms with Crippen LogP contribution >= 0.6 is 0 Å². The van der Waals surface area contributed by atoms with Crippen molar-refractivity contribution in [1.82, 2.24) is 0 Å². The standard InChI is InChI=1S/C20H20F2N2/c21-17-9-3-1-7-15(17)13-23-19-11-5-6-12-20(19)24-14-16-8-2-4-10-18(16)22/h1-4,7-10,13-14,19-20H,5-6,11-12H2/t19-,20-/m1/s1. The van der Waals surface area contributed by atoms with Gasteiger partial charge in [0.1, 0.15) is 11.6 Å². The van der Waals surface area contributed by atoms with Crippen LogP contribution in [0.3, 0.4) is 0 Å². The van der Waals surface area contributed by atoms with Crippen molar-refractivity contribution in [1.29, 1.82) is 0 Å². The van der Waals surface area contributed by atoms with E-state index in [0.29, 0.717) is 11.1 Å². The lowest BCUT2D eigenvalue weighted by atomic mass is 9.91. The highest BCUT2D eigenvalue weighted by atomic mass is 19.1. The lowest BCUT2D eigenvalue weighted by Gasteiger charge is -2.25. The van der Waals surface area contributed by atoms with Gasteiger partial charge < -0.3 is 0 Å². The highest BCUT2D eigenvalue weighted by molar-refractivity contribution is 5.81. The maximum Gasteiger partial charge on any atom is 0.131 e. The summed E-state index contributed by atoms with van der Waals surface area (Å²) in [7, 11) is 0. The molecule has 2 aromatic rings. The average Bonchev–Trinajstić information content (AvgIpc) is 2.61. The van der Waals surface area contributed by atoms with Gasteiger partial charge in [-0.25, -0.2) is 8.78 Å². The minimum Gasteiger partial charge on any atom is -0.287 e. The number of nitrogens with zero attached hydrogens (tertiary/aromatic N) is 2. The predicted molar refractivity (Wildman–Crippen MR) is 94.0 cm³/mol. The summed E-state index contributed by atoms with van der Waals surface area (Å²) in [5.41, 5.74) is 0.972. The van der Waals surface area contributed by atoms with Crippen LogP contribution in [0.1, 0.15) is 36.8 Å². The largest absolute Gasteiger partial charge is 0.287 e. The summed E-state index contributed by atoms with van der Waals surface area (Å²) in [6.07, 6.45) is 7.21. The van der Waals surface area contributed by atoms with Crippen molar-refractivity contribution in [2.24, 2.45) is 9.98 Å². The molecule has 2 nitrogen and oxygen atoms in total. The molecule has 0 bridgehead atoms. The topological polar surface area (TPSA) is 24.7 Å². The molecule has 4 heteroatoms. The number of hydrogen-bond acceptors (Lipinski definition) is 2. The Balaban J connectivity index is 1.74. The van der Waals surface area contributed by atoms with Gasteiger partial charge >= 0.3 is 0 Å². The van der Waals surface area contributed by atoms with Crippen molar-refractivity contribution in [3.05, 3.63) is 71.3 Å². The average molecular weight is 326 g/mol. The lowest BCUT2D eigenvalue weighted by Crippen LogP contribution is -2.27. The molecule has 124 valence electrons.